The fourth-order valence-electron chi connectivity index (χ4n) is 4.13. The summed E-state index contributed by atoms with van der Waals surface area (Å²) in [5.41, 5.74) is 0.428. The van der Waals surface area contributed by atoms with Crippen LogP contribution in [0.25, 0.3) is 0 Å². The summed E-state index contributed by atoms with van der Waals surface area (Å²) in [7, 11) is 0. The van der Waals surface area contributed by atoms with Crippen LogP contribution in [0.2, 0.25) is 0 Å². The quantitative estimate of drug-likeness (QED) is 0.105. The summed E-state index contributed by atoms with van der Waals surface area (Å²) in [6.07, 6.45) is 14.0. The number of benzene rings is 1. The van der Waals surface area contributed by atoms with Gasteiger partial charge in [-0.05, 0) is 18.1 Å². The molecule has 0 spiro atoms. The molecule has 1 atom stereocenters. The summed E-state index contributed by atoms with van der Waals surface area (Å²) in [6.45, 7) is 3.47. The van der Waals surface area contributed by atoms with E-state index in [1.54, 1.807) is 24.3 Å². The van der Waals surface area contributed by atoms with Crippen molar-refractivity contribution in [2.24, 2.45) is 0 Å². The maximum absolute atomic E-state index is 12.8. The zero-order chi connectivity index (χ0) is 24.7. The Hall–Kier alpha value is -1.02. The monoisotopic (exact) mass is 497 g/mol. The highest BCUT2D eigenvalue weighted by Crippen LogP contribution is 2.40. The van der Waals surface area contributed by atoms with Crippen LogP contribution in [0.5, 0.6) is 0 Å². The first-order valence-electron chi connectivity index (χ1n) is 12.4. The molecular weight excluding hydrogens is 454 g/mol. The lowest BCUT2D eigenvalue weighted by molar-refractivity contribution is -0.179. The fraction of sp³-hybridized carbons (Fsp3) is 0.692. The molecule has 33 heavy (non-hydrogen) atoms. The van der Waals surface area contributed by atoms with Crippen LogP contribution in [-0.2, 0) is 14.3 Å². The van der Waals surface area contributed by atoms with E-state index in [9.17, 15) is 19.8 Å². The van der Waals surface area contributed by atoms with Crippen LogP contribution in [0.1, 0.15) is 109 Å². The van der Waals surface area contributed by atoms with Gasteiger partial charge in [-0.1, -0.05) is 95.8 Å². The third-order valence-corrected chi connectivity index (χ3v) is 6.98. The Morgan fingerprint density at radius 3 is 1.85 bits per heavy atom. The van der Waals surface area contributed by atoms with Crippen LogP contribution in [0.4, 0.5) is 0 Å². The van der Waals surface area contributed by atoms with Crippen molar-refractivity contribution < 1.29 is 19.8 Å². The molecule has 0 saturated heterocycles. The SMILES string of the molecule is CCCCCCCCCCCCCCC(O)(O)CC(S)(C(=O)NC(C)=O)c1ccccc1S. The van der Waals surface area contributed by atoms with Gasteiger partial charge in [-0.3, -0.25) is 14.9 Å². The van der Waals surface area contributed by atoms with E-state index >= 15 is 0 Å². The van der Waals surface area contributed by atoms with E-state index < -0.39 is 22.3 Å². The molecule has 188 valence electrons. The van der Waals surface area contributed by atoms with Gasteiger partial charge < -0.3 is 10.2 Å². The maximum atomic E-state index is 12.8. The van der Waals surface area contributed by atoms with Crippen molar-refractivity contribution >= 4 is 37.1 Å². The molecule has 0 aromatic heterocycles. The Labute approximate surface area is 211 Å². The third-order valence-electron chi connectivity index (χ3n) is 5.98. The first-order chi connectivity index (χ1) is 15.6. The minimum Gasteiger partial charge on any atom is -0.366 e. The maximum Gasteiger partial charge on any atom is 0.247 e. The molecule has 1 aromatic carbocycles. The third kappa shape index (κ3) is 11.8. The molecule has 0 radical (unpaired) electrons. The van der Waals surface area contributed by atoms with E-state index in [1.165, 1.54) is 58.3 Å². The Morgan fingerprint density at radius 1 is 0.879 bits per heavy atom. The highest BCUT2D eigenvalue weighted by Gasteiger charge is 2.44. The Morgan fingerprint density at radius 2 is 1.36 bits per heavy atom. The normalized spacial score (nSPS) is 13.5. The lowest BCUT2D eigenvalue weighted by Gasteiger charge is -2.34. The van der Waals surface area contributed by atoms with Crippen molar-refractivity contribution in [3.05, 3.63) is 29.8 Å². The molecule has 0 aliphatic rings. The van der Waals surface area contributed by atoms with Gasteiger partial charge in [-0.2, -0.15) is 12.6 Å². The van der Waals surface area contributed by atoms with E-state index in [0.717, 1.165) is 19.3 Å². The predicted octanol–water partition coefficient (Wildman–Crippen LogP) is 5.93. The van der Waals surface area contributed by atoms with E-state index in [2.05, 4.69) is 37.5 Å². The van der Waals surface area contributed by atoms with Crippen molar-refractivity contribution in [1.29, 1.82) is 0 Å². The highest BCUT2D eigenvalue weighted by atomic mass is 32.1. The average molecular weight is 498 g/mol. The van der Waals surface area contributed by atoms with E-state index in [4.69, 9.17) is 0 Å². The number of hydrogen-bond donors (Lipinski definition) is 5. The predicted molar refractivity (Wildman–Crippen MR) is 141 cm³/mol. The summed E-state index contributed by atoms with van der Waals surface area (Å²) in [5, 5.41) is 23.6. The Balaban J connectivity index is 2.49. The molecule has 0 heterocycles. The van der Waals surface area contributed by atoms with Crippen LogP contribution in [-0.4, -0.2) is 27.8 Å². The number of amides is 2. The zero-order valence-corrected chi connectivity index (χ0v) is 22.1. The summed E-state index contributed by atoms with van der Waals surface area (Å²) in [5.74, 6) is -3.32. The van der Waals surface area contributed by atoms with Gasteiger partial charge in [0.05, 0.1) is 0 Å². The van der Waals surface area contributed by atoms with Crippen LogP contribution < -0.4 is 5.32 Å². The lowest BCUT2D eigenvalue weighted by atomic mass is 9.87. The minimum absolute atomic E-state index is 0.134. The number of aliphatic hydroxyl groups is 2. The van der Waals surface area contributed by atoms with Crippen LogP contribution in [0, 0.1) is 0 Å². The second kappa shape index (κ2) is 15.8. The van der Waals surface area contributed by atoms with Crippen LogP contribution in [0.3, 0.4) is 0 Å². The van der Waals surface area contributed by atoms with Crippen molar-refractivity contribution in [2.75, 3.05) is 0 Å². The first kappa shape index (κ1) is 30.0. The summed E-state index contributed by atoms with van der Waals surface area (Å²) < 4.78 is -1.61. The smallest absolute Gasteiger partial charge is 0.247 e. The molecule has 0 saturated carbocycles. The molecule has 1 unspecified atom stereocenters. The van der Waals surface area contributed by atoms with Crippen molar-refractivity contribution in [3.8, 4) is 0 Å². The van der Waals surface area contributed by atoms with Crippen LogP contribution >= 0.6 is 25.3 Å². The van der Waals surface area contributed by atoms with Gasteiger partial charge in [0.2, 0.25) is 11.8 Å². The van der Waals surface area contributed by atoms with E-state index in [1.807, 2.05) is 0 Å². The molecule has 7 heteroatoms. The lowest BCUT2D eigenvalue weighted by Crippen LogP contribution is -2.48. The zero-order valence-electron chi connectivity index (χ0n) is 20.3. The second-order valence-corrected chi connectivity index (χ2v) is 10.4. The van der Waals surface area contributed by atoms with Crippen molar-refractivity contribution in [3.63, 3.8) is 0 Å². The second-order valence-electron chi connectivity index (χ2n) is 9.19. The van der Waals surface area contributed by atoms with E-state index in [-0.39, 0.29) is 12.8 Å². The molecule has 1 rings (SSSR count). The number of rotatable bonds is 17. The molecule has 5 nitrogen and oxygen atoms in total. The number of nitrogens with one attached hydrogen (secondary N) is 1. The average Bonchev–Trinajstić information content (AvgIpc) is 2.74. The van der Waals surface area contributed by atoms with Gasteiger partial charge >= 0.3 is 0 Å². The Kier molecular flexibility index (Phi) is 14.4. The summed E-state index contributed by atoms with van der Waals surface area (Å²) >= 11 is 8.95. The van der Waals surface area contributed by atoms with Crippen LogP contribution in [0.15, 0.2) is 29.2 Å². The molecule has 1 aromatic rings. The molecular formula is C26H43NO4S2. The standard InChI is InChI=1S/C26H43NO4S2/c1-3-4-5-6-7-8-9-10-11-12-13-16-19-25(30,31)20-26(33,24(29)27-21(2)28)22-17-14-15-18-23(22)32/h14-15,17-18,30-33H,3-13,16,19-20H2,1-2H3,(H,27,28,29). The van der Waals surface area contributed by atoms with Gasteiger partial charge in [-0.25, -0.2) is 0 Å². The van der Waals surface area contributed by atoms with E-state index in [0.29, 0.717) is 16.9 Å². The first-order valence-corrected chi connectivity index (χ1v) is 13.3. The summed E-state index contributed by atoms with van der Waals surface area (Å²) in [6, 6.07) is 6.85. The van der Waals surface area contributed by atoms with Gasteiger partial charge in [0.15, 0.2) is 5.79 Å². The molecule has 2 amide bonds. The van der Waals surface area contributed by atoms with Gasteiger partial charge in [0, 0.05) is 24.7 Å². The number of carbonyl (C=O) groups is 2. The fourth-order valence-corrected chi connectivity index (χ4v) is 5.08. The van der Waals surface area contributed by atoms with Crippen molar-refractivity contribution in [2.45, 2.75) is 119 Å². The number of hydrogen-bond acceptors (Lipinski definition) is 6. The largest absolute Gasteiger partial charge is 0.366 e. The number of imide groups is 1. The molecule has 0 fully saturated rings. The number of carbonyl (C=O) groups excluding carboxylic acids is 2. The Bertz CT molecular complexity index is 726. The number of unbranched alkanes of at least 4 members (excludes halogenated alkanes) is 11. The minimum atomic E-state index is -2.09. The topological polar surface area (TPSA) is 86.6 Å². The molecule has 0 bridgehead atoms. The van der Waals surface area contributed by atoms with Gasteiger partial charge in [0.25, 0.3) is 0 Å². The van der Waals surface area contributed by atoms with Gasteiger partial charge in [0.1, 0.15) is 4.75 Å². The number of thiol groups is 2. The molecule has 0 aliphatic heterocycles. The summed E-state index contributed by atoms with van der Waals surface area (Å²) in [4.78, 5) is 24.8. The van der Waals surface area contributed by atoms with Crippen molar-refractivity contribution in [1.82, 2.24) is 5.32 Å². The highest BCUT2D eigenvalue weighted by molar-refractivity contribution is 7.82. The van der Waals surface area contributed by atoms with Gasteiger partial charge in [-0.15, -0.1) is 12.6 Å². The molecule has 3 N–H and O–H groups in total. The molecule has 0 aliphatic carbocycles.